The number of nitrogens with zero attached hydrogens (tertiary/aromatic N) is 2. The molecule has 0 aliphatic carbocycles. The van der Waals surface area contributed by atoms with Gasteiger partial charge in [0.2, 0.25) is 0 Å². The van der Waals surface area contributed by atoms with Crippen molar-refractivity contribution in [3.05, 3.63) is 83.9 Å². The summed E-state index contributed by atoms with van der Waals surface area (Å²) < 4.78 is 8.11. The van der Waals surface area contributed by atoms with Gasteiger partial charge < -0.3 is 14.6 Å². The Labute approximate surface area is 161 Å². The minimum Gasteiger partial charge on any atom is -0.376 e. The van der Waals surface area contributed by atoms with Crippen LogP contribution in [0.1, 0.15) is 48.8 Å². The van der Waals surface area contributed by atoms with Gasteiger partial charge in [0.1, 0.15) is 5.82 Å². The van der Waals surface area contributed by atoms with Gasteiger partial charge in [0.05, 0.1) is 12.1 Å². The first-order valence-corrected chi connectivity index (χ1v) is 9.75. The quantitative estimate of drug-likeness (QED) is 0.688. The fraction of sp³-hybridized carbons (Fsp3) is 0.348. The maximum absolute atomic E-state index is 6.01. The molecule has 3 unspecified atom stereocenters. The number of nitrogens with one attached hydrogen (secondary N) is 1. The van der Waals surface area contributed by atoms with Crippen LogP contribution in [0.2, 0.25) is 0 Å². The largest absolute Gasteiger partial charge is 0.376 e. The van der Waals surface area contributed by atoms with Gasteiger partial charge in [-0.15, -0.1) is 0 Å². The fourth-order valence-corrected chi connectivity index (χ4v) is 3.88. The van der Waals surface area contributed by atoms with Crippen LogP contribution in [0, 0.1) is 6.92 Å². The van der Waals surface area contributed by atoms with Gasteiger partial charge in [-0.1, -0.05) is 42.5 Å². The van der Waals surface area contributed by atoms with Crippen molar-refractivity contribution >= 4 is 0 Å². The minimum atomic E-state index is 0.208. The van der Waals surface area contributed by atoms with E-state index in [9.17, 15) is 0 Å². The van der Waals surface area contributed by atoms with Crippen molar-refractivity contribution in [2.75, 3.05) is 6.61 Å². The molecule has 0 spiro atoms. The van der Waals surface area contributed by atoms with E-state index in [0.29, 0.717) is 0 Å². The molecule has 4 heteroatoms. The molecule has 4 rings (SSSR count). The first kappa shape index (κ1) is 18.0. The molecule has 1 saturated heterocycles. The van der Waals surface area contributed by atoms with E-state index in [1.807, 2.05) is 19.3 Å². The molecule has 140 valence electrons. The Morgan fingerprint density at radius 3 is 2.48 bits per heavy atom. The van der Waals surface area contributed by atoms with Gasteiger partial charge in [-0.05, 0) is 49.9 Å². The molecule has 27 heavy (non-hydrogen) atoms. The van der Waals surface area contributed by atoms with Gasteiger partial charge in [-0.2, -0.15) is 0 Å². The van der Waals surface area contributed by atoms with Crippen molar-refractivity contribution in [1.82, 2.24) is 14.9 Å². The molecule has 3 atom stereocenters. The molecule has 0 saturated carbocycles. The summed E-state index contributed by atoms with van der Waals surface area (Å²) >= 11 is 0. The summed E-state index contributed by atoms with van der Waals surface area (Å²) in [5.74, 6) is 0.997. The van der Waals surface area contributed by atoms with Crippen molar-refractivity contribution in [3.63, 3.8) is 0 Å². The molecule has 1 aromatic heterocycles. The van der Waals surface area contributed by atoms with Gasteiger partial charge in [0.25, 0.3) is 0 Å². The van der Waals surface area contributed by atoms with Crippen LogP contribution < -0.4 is 5.32 Å². The normalized spacial score (nSPS) is 19.1. The zero-order valence-electron chi connectivity index (χ0n) is 16.0. The van der Waals surface area contributed by atoms with Crippen LogP contribution in [0.3, 0.4) is 0 Å². The van der Waals surface area contributed by atoms with Crippen molar-refractivity contribution in [2.45, 2.75) is 44.9 Å². The van der Waals surface area contributed by atoms with Crippen molar-refractivity contribution in [3.8, 4) is 5.69 Å². The van der Waals surface area contributed by atoms with E-state index >= 15 is 0 Å². The van der Waals surface area contributed by atoms with Crippen LogP contribution in [0.15, 0.2) is 67.0 Å². The monoisotopic (exact) mass is 361 g/mol. The number of aromatic nitrogens is 2. The van der Waals surface area contributed by atoms with Crippen LogP contribution in [-0.4, -0.2) is 22.3 Å². The van der Waals surface area contributed by atoms with E-state index in [1.54, 1.807) is 0 Å². The van der Waals surface area contributed by atoms with Gasteiger partial charge in [0.15, 0.2) is 0 Å². The van der Waals surface area contributed by atoms with Crippen LogP contribution in [0.4, 0.5) is 0 Å². The van der Waals surface area contributed by atoms with Crippen molar-refractivity contribution in [1.29, 1.82) is 0 Å². The molecule has 0 bridgehead atoms. The molecule has 1 aliphatic rings. The second kappa shape index (κ2) is 8.07. The Balaban J connectivity index is 1.52. The summed E-state index contributed by atoms with van der Waals surface area (Å²) in [5, 5.41) is 3.81. The predicted octanol–water partition coefficient (Wildman–Crippen LogP) is 4.75. The van der Waals surface area contributed by atoms with Crippen LogP contribution >= 0.6 is 0 Å². The Bertz CT molecular complexity index is 851. The highest BCUT2D eigenvalue weighted by atomic mass is 16.5. The third-order valence-electron chi connectivity index (χ3n) is 5.42. The molecule has 2 heterocycles. The van der Waals surface area contributed by atoms with E-state index < -0.39 is 0 Å². The van der Waals surface area contributed by atoms with Crippen LogP contribution in [0.25, 0.3) is 5.69 Å². The highest BCUT2D eigenvalue weighted by molar-refractivity contribution is 5.37. The lowest BCUT2D eigenvalue weighted by atomic mass is 9.97. The Kier molecular flexibility index (Phi) is 5.37. The zero-order valence-corrected chi connectivity index (χ0v) is 16.0. The highest BCUT2D eigenvalue weighted by Gasteiger charge is 2.28. The highest BCUT2D eigenvalue weighted by Crippen LogP contribution is 2.29. The molecule has 4 nitrogen and oxygen atoms in total. The maximum Gasteiger partial charge on any atom is 0.110 e. The van der Waals surface area contributed by atoms with E-state index in [-0.39, 0.29) is 18.2 Å². The molecular formula is C23H27N3O. The van der Waals surface area contributed by atoms with Gasteiger partial charge in [-0.25, -0.2) is 4.98 Å². The summed E-state index contributed by atoms with van der Waals surface area (Å²) in [5.41, 5.74) is 3.71. The second-order valence-corrected chi connectivity index (χ2v) is 7.26. The summed E-state index contributed by atoms with van der Waals surface area (Å²) in [4.78, 5) is 4.30. The molecule has 1 fully saturated rings. The number of benzene rings is 2. The van der Waals surface area contributed by atoms with Crippen molar-refractivity contribution < 1.29 is 4.74 Å². The zero-order chi connectivity index (χ0) is 18.6. The molecule has 1 N–H and O–H groups in total. The topological polar surface area (TPSA) is 39.1 Å². The van der Waals surface area contributed by atoms with Gasteiger partial charge in [-0.3, -0.25) is 0 Å². The Hall–Kier alpha value is -2.43. The molecule has 1 aliphatic heterocycles. The third-order valence-corrected chi connectivity index (χ3v) is 5.42. The molecule has 0 radical (unpaired) electrons. The van der Waals surface area contributed by atoms with E-state index in [4.69, 9.17) is 4.74 Å². The molecular weight excluding hydrogens is 334 g/mol. The van der Waals surface area contributed by atoms with Crippen LogP contribution in [0.5, 0.6) is 0 Å². The average molecular weight is 361 g/mol. The summed E-state index contributed by atoms with van der Waals surface area (Å²) in [6.45, 7) is 5.11. The number of rotatable bonds is 6. The smallest absolute Gasteiger partial charge is 0.110 e. The average Bonchev–Trinajstić information content (AvgIpc) is 3.38. The lowest BCUT2D eigenvalue weighted by Crippen LogP contribution is -2.33. The lowest BCUT2D eigenvalue weighted by Gasteiger charge is -2.28. The summed E-state index contributed by atoms with van der Waals surface area (Å²) in [6.07, 6.45) is 6.32. The number of ether oxygens (including phenoxy) is 1. The number of hydrogen-bond donors (Lipinski definition) is 1. The minimum absolute atomic E-state index is 0.208. The molecule has 0 amide bonds. The first-order chi connectivity index (χ1) is 13.2. The van der Waals surface area contributed by atoms with E-state index in [2.05, 4.69) is 76.4 Å². The summed E-state index contributed by atoms with van der Waals surface area (Å²) in [6, 6.07) is 19.8. The fourth-order valence-electron chi connectivity index (χ4n) is 3.88. The first-order valence-electron chi connectivity index (χ1n) is 9.75. The number of hydrogen-bond acceptors (Lipinski definition) is 3. The maximum atomic E-state index is 6.01. The van der Waals surface area contributed by atoms with E-state index in [1.165, 1.54) is 11.1 Å². The standard InChI is InChI=1S/C23H27N3O/c1-17(19-10-12-21(13-11-19)26-15-14-24-18(26)2)25-23(22-9-6-16-27-22)20-7-4-3-5-8-20/h3-5,7-8,10-15,17,22-23,25H,6,9,16H2,1-2H3. The summed E-state index contributed by atoms with van der Waals surface area (Å²) in [7, 11) is 0. The predicted molar refractivity (Wildman–Crippen MR) is 108 cm³/mol. The molecule has 3 aromatic rings. The SMILES string of the molecule is Cc1nccn1-c1ccc(C(C)NC(c2ccccc2)C2CCCO2)cc1. The van der Waals surface area contributed by atoms with Gasteiger partial charge >= 0.3 is 0 Å². The second-order valence-electron chi connectivity index (χ2n) is 7.26. The van der Waals surface area contributed by atoms with Gasteiger partial charge in [0, 0.05) is 30.7 Å². The lowest BCUT2D eigenvalue weighted by molar-refractivity contribution is 0.0746. The number of imidazole rings is 1. The Morgan fingerprint density at radius 1 is 1.07 bits per heavy atom. The van der Waals surface area contributed by atoms with Crippen LogP contribution in [-0.2, 0) is 4.74 Å². The van der Waals surface area contributed by atoms with E-state index in [0.717, 1.165) is 31.0 Å². The Morgan fingerprint density at radius 2 is 1.85 bits per heavy atom. The third kappa shape index (κ3) is 3.97. The molecule has 2 aromatic carbocycles. The van der Waals surface area contributed by atoms with Crippen molar-refractivity contribution in [2.24, 2.45) is 0 Å². The number of aryl methyl sites for hydroxylation is 1.